The fourth-order valence-electron chi connectivity index (χ4n) is 1.76. The molecular formula is C12H13F3O3. The molecule has 1 unspecified atom stereocenters. The molecule has 0 aliphatic carbocycles. The van der Waals surface area contributed by atoms with Crippen LogP contribution < -0.4 is 0 Å². The SMILES string of the molecule is COC(C)(CC(=O)O)c1ccccc1C(F)(F)F. The Kier molecular flexibility index (Phi) is 4.01. The summed E-state index contributed by atoms with van der Waals surface area (Å²) in [6.07, 6.45) is -5.09. The van der Waals surface area contributed by atoms with Gasteiger partial charge >= 0.3 is 12.1 Å². The van der Waals surface area contributed by atoms with Crippen molar-refractivity contribution in [2.24, 2.45) is 0 Å². The highest BCUT2D eigenvalue weighted by Gasteiger charge is 2.40. The van der Waals surface area contributed by atoms with Crippen LogP contribution in [0.15, 0.2) is 24.3 Å². The average molecular weight is 262 g/mol. The summed E-state index contributed by atoms with van der Waals surface area (Å²) >= 11 is 0. The summed E-state index contributed by atoms with van der Waals surface area (Å²) in [6.45, 7) is 1.33. The van der Waals surface area contributed by atoms with Crippen molar-refractivity contribution in [3.63, 3.8) is 0 Å². The molecule has 0 heterocycles. The van der Waals surface area contributed by atoms with Gasteiger partial charge in [0.2, 0.25) is 0 Å². The van der Waals surface area contributed by atoms with E-state index in [9.17, 15) is 18.0 Å². The Labute approximate surface area is 102 Å². The Morgan fingerprint density at radius 1 is 1.28 bits per heavy atom. The predicted molar refractivity (Wildman–Crippen MR) is 58.1 cm³/mol. The largest absolute Gasteiger partial charge is 0.481 e. The molecule has 0 saturated carbocycles. The number of benzene rings is 1. The second kappa shape index (κ2) is 4.97. The van der Waals surface area contributed by atoms with E-state index >= 15 is 0 Å². The van der Waals surface area contributed by atoms with Gasteiger partial charge in [0.05, 0.1) is 12.0 Å². The number of carboxylic acid groups (broad SMARTS) is 1. The van der Waals surface area contributed by atoms with Crippen molar-refractivity contribution in [1.82, 2.24) is 0 Å². The van der Waals surface area contributed by atoms with Gasteiger partial charge in [-0.25, -0.2) is 0 Å². The summed E-state index contributed by atoms with van der Waals surface area (Å²) in [4.78, 5) is 10.7. The van der Waals surface area contributed by atoms with E-state index in [0.717, 1.165) is 6.07 Å². The number of alkyl halides is 3. The Morgan fingerprint density at radius 3 is 2.17 bits per heavy atom. The van der Waals surface area contributed by atoms with Crippen molar-refractivity contribution in [2.45, 2.75) is 25.1 Å². The Balaban J connectivity index is 3.34. The topological polar surface area (TPSA) is 46.5 Å². The molecule has 100 valence electrons. The summed E-state index contributed by atoms with van der Waals surface area (Å²) < 4.78 is 43.5. The van der Waals surface area contributed by atoms with Crippen LogP contribution in [0.4, 0.5) is 13.2 Å². The summed E-state index contributed by atoms with van der Waals surface area (Å²) in [5, 5.41) is 8.77. The van der Waals surface area contributed by atoms with Gasteiger partial charge in [-0.15, -0.1) is 0 Å². The molecule has 0 bridgehead atoms. The van der Waals surface area contributed by atoms with Crippen molar-refractivity contribution in [3.05, 3.63) is 35.4 Å². The van der Waals surface area contributed by atoms with Gasteiger partial charge in [0.15, 0.2) is 0 Å². The molecule has 0 fully saturated rings. The first-order valence-electron chi connectivity index (χ1n) is 5.14. The zero-order valence-corrected chi connectivity index (χ0v) is 9.91. The van der Waals surface area contributed by atoms with E-state index in [2.05, 4.69) is 0 Å². The number of hydrogen-bond acceptors (Lipinski definition) is 2. The highest BCUT2D eigenvalue weighted by Crippen LogP contribution is 2.39. The quantitative estimate of drug-likeness (QED) is 0.907. The van der Waals surface area contributed by atoms with Crippen LogP contribution in [0, 0.1) is 0 Å². The number of carboxylic acids is 1. The van der Waals surface area contributed by atoms with Gasteiger partial charge in [-0.05, 0) is 18.6 Å². The third kappa shape index (κ3) is 3.01. The molecule has 1 rings (SSSR count). The van der Waals surface area contributed by atoms with Crippen LogP contribution in [-0.4, -0.2) is 18.2 Å². The molecule has 1 N–H and O–H groups in total. The maximum Gasteiger partial charge on any atom is 0.416 e. The first kappa shape index (κ1) is 14.5. The van der Waals surface area contributed by atoms with Gasteiger partial charge in [0.25, 0.3) is 0 Å². The third-order valence-corrected chi connectivity index (χ3v) is 2.74. The molecule has 0 aromatic heterocycles. The maximum absolute atomic E-state index is 12.8. The monoisotopic (exact) mass is 262 g/mol. The second-order valence-corrected chi connectivity index (χ2v) is 4.05. The summed E-state index contributed by atoms with van der Waals surface area (Å²) in [5.41, 5.74) is -2.57. The first-order chi connectivity index (χ1) is 8.20. The van der Waals surface area contributed by atoms with Gasteiger partial charge in [-0.1, -0.05) is 18.2 Å². The number of aliphatic carboxylic acids is 1. The lowest BCUT2D eigenvalue weighted by Crippen LogP contribution is -2.30. The van der Waals surface area contributed by atoms with E-state index in [1.54, 1.807) is 0 Å². The summed E-state index contributed by atoms with van der Waals surface area (Å²) in [7, 11) is 1.19. The van der Waals surface area contributed by atoms with E-state index in [0.29, 0.717) is 0 Å². The van der Waals surface area contributed by atoms with Crippen LogP contribution >= 0.6 is 0 Å². The van der Waals surface area contributed by atoms with Crippen LogP contribution in [0.1, 0.15) is 24.5 Å². The summed E-state index contributed by atoms with van der Waals surface area (Å²) in [5.74, 6) is -1.23. The molecular weight excluding hydrogens is 249 g/mol. The number of rotatable bonds is 4. The van der Waals surface area contributed by atoms with E-state index in [1.807, 2.05) is 0 Å². The van der Waals surface area contributed by atoms with Gasteiger partial charge in [-0.3, -0.25) is 4.79 Å². The van der Waals surface area contributed by atoms with E-state index in [-0.39, 0.29) is 5.56 Å². The molecule has 0 radical (unpaired) electrons. The molecule has 18 heavy (non-hydrogen) atoms. The van der Waals surface area contributed by atoms with Crippen LogP contribution in [-0.2, 0) is 21.3 Å². The van der Waals surface area contributed by atoms with Gasteiger partial charge in [0.1, 0.15) is 5.60 Å². The molecule has 0 aliphatic rings. The molecule has 3 nitrogen and oxygen atoms in total. The molecule has 0 saturated heterocycles. The molecule has 1 aromatic carbocycles. The molecule has 0 aliphatic heterocycles. The van der Waals surface area contributed by atoms with Crippen molar-refractivity contribution in [2.75, 3.05) is 7.11 Å². The van der Waals surface area contributed by atoms with E-state index in [1.165, 1.54) is 32.2 Å². The zero-order chi connectivity index (χ0) is 14.0. The van der Waals surface area contributed by atoms with Gasteiger partial charge in [-0.2, -0.15) is 13.2 Å². The third-order valence-electron chi connectivity index (χ3n) is 2.74. The molecule has 1 aromatic rings. The van der Waals surface area contributed by atoms with E-state index < -0.39 is 29.7 Å². The second-order valence-electron chi connectivity index (χ2n) is 4.05. The number of halogens is 3. The molecule has 0 spiro atoms. The standard InChI is InChI=1S/C12H13F3O3/c1-11(18-2,7-10(16)17)8-5-3-4-6-9(8)12(13,14)15/h3-6H,7H2,1-2H3,(H,16,17). The summed E-state index contributed by atoms with van der Waals surface area (Å²) in [6, 6.07) is 4.82. The first-order valence-corrected chi connectivity index (χ1v) is 5.14. The predicted octanol–water partition coefficient (Wildman–Crippen LogP) is 3.04. The number of methoxy groups -OCH3 is 1. The smallest absolute Gasteiger partial charge is 0.416 e. The Morgan fingerprint density at radius 2 is 1.78 bits per heavy atom. The fraction of sp³-hybridized carbons (Fsp3) is 0.417. The molecule has 1 atom stereocenters. The van der Waals surface area contributed by atoms with E-state index in [4.69, 9.17) is 9.84 Å². The molecule has 6 heteroatoms. The minimum atomic E-state index is -4.55. The lowest BCUT2D eigenvalue weighted by molar-refractivity contribution is -0.148. The Hall–Kier alpha value is -1.56. The zero-order valence-electron chi connectivity index (χ0n) is 9.91. The maximum atomic E-state index is 12.8. The highest BCUT2D eigenvalue weighted by molar-refractivity contribution is 5.68. The van der Waals surface area contributed by atoms with Gasteiger partial charge in [0, 0.05) is 7.11 Å². The lowest BCUT2D eigenvalue weighted by Gasteiger charge is -2.29. The van der Waals surface area contributed by atoms with Gasteiger partial charge < -0.3 is 9.84 Å². The molecule has 0 amide bonds. The fourth-order valence-corrected chi connectivity index (χ4v) is 1.76. The van der Waals surface area contributed by atoms with Crippen molar-refractivity contribution >= 4 is 5.97 Å². The van der Waals surface area contributed by atoms with Crippen LogP contribution in [0.5, 0.6) is 0 Å². The van der Waals surface area contributed by atoms with Crippen LogP contribution in [0.2, 0.25) is 0 Å². The normalized spacial score (nSPS) is 15.2. The highest BCUT2D eigenvalue weighted by atomic mass is 19.4. The average Bonchev–Trinajstić information content (AvgIpc) is 2.27. The van der Waals surface area contributed by atoms with Crippen molar-refractivity contribution in [1.29, 1.82) is 0 Å². The van der Waals surface area contributed by atoms with Crippen molar-refractivity contribution < 1.29 is 27.8 Å². The minimum absolute atomic E-state index is 0.178. The van der Waals surface area contributed by atoms with Crippen LogP contribution in [0.3, 0.4) is 0 Å². The van der Waals surface area contributed by atoms with Crippen LogP contribution in [0.25, 0.3) is 0 Å². The minimum Gasteiger partial charge on any atom is -0.481 e. The lowest BCUT2D eigenvalue weighted by atomic mass is 9.88. The van der Waals surface area contributed by atoms with Crippen molar-refractivity contribution in [3.8, 4) is 0 Å². The number of ether oxygens (including phenoxy) is 1. The Bertz CT molecular complexity index is 442. The number of hydrogen-bond donors (Lipinski definition) is 1. The number of carbonyl (C=O) groups is 1.